The monoisotopic (exact) mass is 765 g/mol. The number of rotatable bonds is 21. The number of hydrogen-bond acceptors (Lipinski definition) is 9. The van der Waals surface area contributed by atoms with Crippen LogP contribution in [0.15, 0.2) is 126 Å². The standard InChI is InChI=1S/C45H55N3O8/c1-4-5-26-38-40(56-45(2,3)55-38)37(47-48-46)31-53-44-43(52-30-36-24-16-9-17-25-36)42(51-29-35-22-14-8-15-23-35)41(50-28-34-20-12-7-13-21-34)39(54-44)32-49-27-33-18-10-6-11-19-33/h6-25,37-44H,4-5,26-32H2,1-3H3/t37-,38-,39?,40+,41?,42?,43?,44?/m1/s1. The van der Waals surface area contributed by atoms with E-state index in [0.29, 0.717) is 19.8 Å². The van der Waals surface area contributed by atoms with Crippen molar-refractivity contribution in [3.05, 3.63) is 154 Å². The van der Waals surface area contributed by atoms with Crippen LogP contribution in [0.5, 0.6) is 0 Å². The maximum atomic E-state index is 9.73. The van der Waals surface area contributed by atoms with E-state index >= 15 is 0 Å². The van der Waals surface area contributed by atoms with Crippen LogP contribution in [-0.2, 0) is 64.3 Å². The smallest absolute Gasteiger partial charge is 0.186 e. The van der Waals surface area contributed by atoms with Crippen molar-refractivity contribution in [1.29, 1.82) is 0 Å². The summed E-state index contributed by atoms with van der Waals surface area (Å²) in [5, 5.41) is 4.18. The quantitative estimate of drug-likeness (QED) is 0.0468. The van der Waals surface area contributed by atoms with Crippen LogP contribution in [0, 0.1) is 0 Å². The van der Waals surface area contributed by atoms with E-state index in [1.54, 1.807) is 0 Å². The molecule has 4 aromatic rings. The molecule has 298 valence electrons. The second-order valence-electron chi connectivity index (χ2n) is 14.7. The summed E-state index contributed by atoms with van der Waals surface area (Å²) in [5.41, 5.74) is 13.8. The molecule has 0 spiro atoms. The summed E-state index contributed by atoms with van der Waals surface area (Å²) in [6.45, 7) is 7.34. The highest BCUT2D eigenvalue weighted by Gasteiger charge is 2.50. The molecule has 56 heavy (non-hydrogen) atoms. The molecule has 2 aliphatic rings. The molecule has 2 heterocycles. The zero-order valence-corrected chi connectivity index (χ0v) is 32.6. The first kappa shape index (κ1) is 41.5. The SMILES string of the molecule is CCCC[C@H]1OC(C)(C)O[C@H]1[C@@H](COC1OC(COCc2ccccc2)C(OCc2ccccc2)C(OCc2ccccc2)C1OCc1ccccc1)N=[N+]=[N-]. The zero-order chi connectivity index (χ0) is 39.0. The van der Waals surface area contributed by atoms with E-state index in [9.17, 15) is 5.53 Å². The van der Waals surface area contributed by atoms with E-state index in [1.165, 1.54) is 0 Å². The Morgan fingerprint density at radius 2 is 1.14 bits per heavy atom. The fourth-order valence-electron chi connectivity index (χ4n) is 7.15. The Morgan fingerprint density at radius 3 is 1.66 bits per heavy atom. The van der Waals surface area contributed by atoms with Gasteiger partial charge in [-0.05, 0) is 48.1 Å². The van der Waals surface area contributed by atoms with Gasteiger partial charge in [-0.2, -0.15) is 0 Å². The van der Waals surface area contributed by atoms with Crippen LogP contribution in [0.2, 0.25) is 0 Å². The lowest BCUT2D eigenvalue weighted by Crippen LogP contribution is -2.62. The molecule has 2 aliphatic heterocycles. The third kappa shape index (κ3) is 12.2. The third-order valence-electron chi connectivity index (χ3n) is 9.91. The summed E-state index contributed by atoms with van der Waals surface area (Å²) in [6.07, 6.45) is -1.69. The molecule has 0 saturated carbocycles. The Kier molecular flexibility index (Phi) is 15.9. The van der Waals surface area contributed by atoms with E-state index in [-0.39, 0.29) is 25.9 Å². The first-order chi connectivity index (χ1) is 27.4. The summed E-state index contributed by atoms with van der Waals surface area (Å²) in [4.78, 5) is 3.20. The fourth-order valence-corrected chi connectivity index (χ4v) is 7.15. The van der Waals surface area contributed by atoms with Gasteiger partial charge in [0.2, 0.25) is 0 Å². The molecule has 0 amide bonds. The van der Waals surface area contributed by atoms with Gasteiger partial charge < -0.3 is 37.9 Å². The molecule has 11 nitrogen and oxygen atoms in total. The number of benzene rings is 4. The van der Waals surface area contributed by atoms with Crippen LogP contribution in [-0.4, -0.2) is 68.0 Å². The van der Waals surface area contributed by atoms with Gasteiger partial charge in [-0.1, -0.05) is 146 Å². The minimum absolute atomic E-state index is 0.00874. The Bertz CT molecular complexity index is 1750. The summed E-state index contributed by atoms with van der Waals surface area (Å²) >= 11 is 0. The van der Waals surface area contributed by atoms with Crippen LogP contribution in [0.25, 0.3) is 10.4 Å². The lowest BCUT2D eigenvalue weighted by molar-refractivity contribution is -0.329. The van der Waals surface area contributed by atoms with E-state index in [2.05, 4.69) is 16.9 Å². The Hall–Kier alpha value is -4.13. The molecule has 0 aliphatic carbocycles. The highest BCUT2D eigenvalue weighted by molar-refractivity contribution is 5.16. The molecule has 2 saturated heterocycles. The minimum atomic E-state index is -0.956. The number of nitrogens with zero attached hydrogens (tertiary/aromatic N) is 3. The number of unbranched alkanes of at least 4 members (excludes halogenated alkanes) is 1. The first-order valence-corrected chi connectivity index (χ1v) is 19.7. The van der Waals surface area contributed by atoms with E-state index < -0.39 is 48.6 Å². The lowest BCUT2D eigenvalue weighted by Gasteiger charge is -2.46. The second kappa shape index (κ2) is 21.4. The van der Waals surface area contributed by atoms with Crippen LogP contribution in [0.3, 0.4) is 0 Å². The van der Waals surface area contributed by atoms with E-state index in [0.717, 1.165) is 41.5 Å². The van der Waals surface area contributed by atoms with E-state index in [1.807, 2.05) is 135 Å². The molecule has 6 rings (SSSR count). The van der Waals surface area contributed by atoms with Crippen LogP contribution in [0.1, 0.15) is 62.3 Å². The van der Waals surface area contributed by atoms with Crippen molar-refractivity contribution in [2.75, 3.05) is 13.2 Å². The third-order valence-corrected chi connectivity index (χ3v) is 9.91. The average Bonchev–Trinajstić information content (AvgIpc) is 3.54. The van der Waals surface area contributed by atoms with Gasteiger partial charge in [-0.3, -0.25) is 0 Å². The molecule has 0 radical (unpaired) electrons. The molecular formula is C45H55N3O8. The van der Waals surface area contributed by atoms with Gasteiger partial charge >= 0.3 is 0 Å². The molecule has 0 bridgehead atoms. The highest BCUT2D eigenvalue weighted by atomic mass is 16.8. The molecule has 8 atom stereocenters. The number of hydrogen-bond donors (Lipinski definition) is 0. The summed E-state index contributed by atoms with van der Waals surface area (Å²) < 4.78 is 52.9. The van der Waals surface area contributed by atoms with Crippen molar-refractivity contribution in [2.24, 2.45) is 5.11 Å². The van der Waals surface area contributed by atoms with Crippen molar-refractivity contribution in [1.82, 2.24) is 0 Å². The minimum Gasteiger partial charge on any atom is -0.374 e. The molecular weight excluding hydrogens is 711 g/mol. The fraction of sp³-hybridized carbons (Fsp3) is 0.467. The van der Waals surface area contributed by atoms with Gasteiger partial charge in [0.25, 0.3) is 0 Å². The van der Waals surface area contributed by atoms with Crippen molar-refractivity contribution in [3.63, 3.8) is 0 Å². The largest absolute Gasteiger partial charge is 0.374 e. The maximum absolute atomic E-state index is 9.73. The zero-order valence-electron chi connectivity index (χ0n) is 32.6. The van der Waals surface area contributed by atoms with Crippen LogP contribution >= 0.6 is 0 Å². The molecule has 0 aromatic heterocycles. The Labute approximate surface area is 330 Å². The van der Waals surface area contributed by atoms with Crippen molar-refractivity contribution >= 4 is 0 Å². The topological polar surface area (TPSA) is 123 Å². The lowest BCUT2D eigenvalue weighted by atomic mass is 9.97. The number of ether oxygens (including phenoxy) is 8. The Balaban J connectivity index is 1.31. The second-order valence-corrected chi connectivity index (χ2v) is 14.7. The molecule has 11 heteroatoms. The maximum Gasteiger partial charge on any atom is 0.186 e. The first-order valence-electron chi connectivity index (χ1n) is 19.7. The molecule has 4 aromatic carbocycles. The summed E-state index contributed by atoms with van der Waals surface area (Å²) in [7, 11) is 0. The van der Waals surface area contributed by atoms with Gasteiger partial charge in [0.05, 0.1) is 57.9 Å². The molecule has 0 N–H and O–H groups in total. The summed E-state index contributed by atoms with van der Waals surface area (Å²) in [6, 6.07) is 39.3. The van der Waals surface area contributed by atoms with Crippen molar-refractivity contribution in [2.45, 2.75) is 121 Å². The Morgan fingerprint density at radius 1 is 0.643 bits per heavy atom. The van der Waals surface area contributed by atoms with Crippen molar-refractivity contribution in [3.8, 4) is 0 Å². The molecule has 5 unspecified atom stereocenters. The van der Waals surface area contributed by atoms with Crippen LogP contribution < -0.4 is 0 Å². The number of azide groups is 1. The van der Waals surface area contributed by atoms with Gasteiger partial charge in [0.1, 0.15) is 24.4 Å². The normalized spacial score (nSPS) is 25.0. The predicted octanol–water partition coefficient (Wildman–Crippen LogP) is 9.09. The predicted molar refractivity (Wildman–Crippen MR) is 212 cm³/mol. The van der Waals surface area contributed by atoms with Crippen LogP contribution in [0.4, 0.5) is 0 Å². The van der Waals surface area contributed by atoms with Crippen molar-refractivity contribution < 1.29 is 37.9 Å². The van der Waals surface area contributed by atoms with E-state index in [4.69, 9.17) is 37.9 Å². The van der Waals surface area contributed by atoms with Gasteiger partial charge in [0, 0.05) is 4.91 Å². The van der Waals surface area contributed by atoms with Gasteiger partial charge in [-0.15, -0.1) is 0 Å². The highest BCUT2D eigenvalue weighted by Crippen LogP contribution is 2.36. The van der Waals surface area contributed by atoms with Gasteiger partial charge in [-0.25, -0.2) is 0 Å². The average molecular weight is 766 g/mol. The summed E-state index contributed by atoms with van der Waals surface area (Å²) in [5.74, 6) is -0.837. The van der Waals surface area contributed by atoms with Gasteiger partial charge in [0.15, 0.2) is 12.1 Å². The molecule has 2 fully saturated rings.